The van der Waals surface area contributed by atoms with Crippen molar-refractivity contribution in [3.63, 3.8) is 0 Å². The predicted octanol–water partition coefficient (Wildman–Crippen LogP) is 2.54. The molecule has 174 valence electrons. The first-order chi connectivity index (χ1) is 14.7. The van der Waals surface area contributed by atoms with Gasteiger partial charge in [0.2, 0.25) is 15.9 Å². The number of nitrogens with zero attached hydrogens (tertiary/aromatic N) is 3. The van der Waals surface area contributed by atoms with Crippen LogP contribution in [0, 0.1) is 5.92 Å². The van der Waals surface area contributed by atoms with Crippen molar-refractivity contribution in [3.05, 3.63) is 18.2 Å². The molecule has 1 aliphatic rings. The zero-order valence-electron chi connectivity index (χ0n) is 18.8. The molecule has 3 amide bonds. The minimum atomic E-state index is -3.71. The van der Waals surface area contributed by atoms with Crippen molar-refractivity contribution < 1.29 is 23.1 Å². The predicted molar refractivity (Wildman–Crippen MR) is 119 cm³/mol. The molecule has 1 saturated heterocycles. The lowest BCUT2D eigenvalue weighted by molar-refractivity contribution is -0.121. The first kappa shape index (κ1) is 24.9. The molecule has 0 atom stereocenters. The molecule has 0 bridgehead atoms. The van der Waals surface area contributed by atoms with Gasteiger partial charge in [0.1, 0.15) is 5.75 Å². The molecule has 0 radical (unpaired) electrons. The number of nitrogens with one attached hydrogen (secondary N) is 1. The van der Waals surface area contributed by atoms with Gasteiger partial charge in [-0.15, -0.1) is 0 Å². The van der Waals surface area contributed by atoms with Crippen LogP contribution in [0.1, 0.15) is 40.5 Å². The molecule has 9 nitrogen and oxygen atoms in total. The number of rotatable bonds is 8. The minimum absolute atomic E-state index is 0.0175. The molecule has 10 heteroatoms. The van der Waals surface area contributed by atoms with Crippen molar-refractivity contribution in [1.29, 1.82) is 0 Å². The molecule has 1 fully saturated rings. The smallest absolute Gasteiger partial charge is 0.319 e. The SMILES string of the molecule is CCN(CC)C(=O)N1CCC(C(=O)Nc2cc(S(=O)(=O)N(CC)CC)ccc2O)CC1. The second-order valence-electron chi connectivity index (χ2n) is 7.47. The molecular weight excluding hydrogens is 420 g/mol. The lowest BCUT2D eigenvalue weighted by atomic mass is 9.96. The number of aromatic hydroxyl groups is 1. The molecule has 2 rings (SSSR count). The van der Waals surface area contributed by atoms with Crippen molar-refractivity contribution in [2.75, 3.05) is 44.6 Å². The van der Waals surface area contributed by atoms with Gasteiger partial charge in [0.05, 0.1) is 10.6 Å². The number of sulfonamides is 1. The fourth-order valence-electron chi connectivity index (χ4n) is 3.75. The molecular formula is C21H34N4O5S. The van der Waals surface area contributed by atoms with Crippen LogP contribution in [0.4, 0.5) is 10.5 Å². The molecule has 0 spiro atoms. The van der Waals surface area contributed by atoms with Crippen LogP contribution in [0.5, 0.6) is 5.75 Å². The molecule has 31 heavy (non-hydrogen) atoms. The van der Waals surface area contributed by atoms with E-state index in [1.807, 2.05) is 13.8 Å². The van der Waals surface area contributed by atoms with E-state index >= 15 is 0 Å². The van der Waals surface area contributed by atoms with Crippen molar-refractivity contribution in [2.24, 2.45) is 5.92 Å². The Hall–Kier alpha value is -2.33. The van der Waals surface area contributed by atoms with E-state index in [1.54, 1.807) is 23.6 Å². The summed E-state index contributed by atoms with van der Waals surface area (Å²) in [7, 11) is -3.71. The summed E-state index contributed by atoms with van der Waals surface area (Å²) in [4.78, 5) is 28.7. The van der Waals surface area contributed by atoms with Crippen molar-refractivity contribution in [2.45, 2.75) is 45.4 Å². The average Bonchev–Trinajstić information content (AvgIpc) is 2.76. The van der Waals surface area contributed by atoms with Gasteiger partial charge in [-0.1, -0.05) is 13.8 Å². The van der Waals surface area contributed by atoms with Gasteiger partial charge in [-0.05, 0) is 44.9 Å². The van der Waals surface area contributed by atoms with Gasteiger partial charge >= 0.3 is 6.03 Å². The third-order valence-corrected chi connectivity index (χ3v) is 7.79. The van der Waals surface area contributed by atoms with E-state index in [1.165, 1.54) is 22.5 Å². The van der Waals surface area contributed by atoms with Crippen LogP contribution in [-0.4, -0.2) is 78.8 Å². The van der Waals surface area contributed by atoms with Gasteiger partial charge in [0, 0.05) is 45.2 Å². The Morgan fingerprint density at radius 3 is 2.16 bits per heavy atom. The summed E-state index contributed by atoms with van der Waals surface area (Å²) in [5, 5.41) is 12.8. The lowest BCUT2D eigenvalue weighted by Gasteiger charge is -2.34. The molecule has 2 N–H and O–H groups in total. The van der Waals surface area contributed by atoms with Crippen LogP contribution in [-0.2, 0) is 14.8 Å². The number of amides is 3. The summed E-state index contributed by atoms with van der Waals surface area (Å²) in [6.45, 7) is 10.3. The van der Waals surface area contributed by atoms with Crippen LogP contribution < -0.4 is 5.32 Å². The number of phenolic OH excluding ortho intramolecular Hbond substituents is 1. The van der Waals surface area contributed by atoms with E-state index in [2.05, 4.69) is 5.32 Å². The quantitative estimate of drug-likeness (QED) is 0.587. The molecule has 0 aromatic heterocycles. The van der Waals surface area contributed by atoms with Crippen molar-refractivity contribution in [1.82, 2.24) is 14.1 Å². The lowest BCUT2D eigenvalue weighted by Crippen LogP contribution is -2.47. The monoisotopic (exact) mass is 454 g/mol. The van der Waals surface area contributed by atoms with Gasteiger partial charge in [-0.2, -0.15) is 4.31 Å². The largest absolute Gasteiger partial charge is 0.506 e. The third kappa shape index (κ3) is 5.68. The topological polar surface area (TPSA) is 110 Å². The fourth-order valence-corrected chi connectivity index (χ4v) is 5.23. The summed E-state index contributed by atoms with van der Waals surface area (Å²) in [5.74, 6) is -0.799. The number of likely N-dealkylation sites (tertiary alicyclic amines) is 1. The minimum Gasteiger partial charge on any atom is -0.506 e. The van der Waals surface area contributed by atoms with Crippen LogP contribution >= 0.6 is 0 Å². The highest BCUT2D eigenvalue weighted by Crippen LogP contribution is 2.29. The van der Waals surface area contributed by atoms with Gasteiger partial charge < -0.3 is 20.2 Å². The molecule has 0 unspecified atom stereocenters. The fraction of sp³-hybridized carbons (Fsp3) is 0.619. The zero-order chi connectivity index (χ0) is 23.2. The van der Waals surface area contributed by atoms with E-state index in [9.17, 15) is 23.1 Å². The summed E-state index contributed by atoms with van der Waals surface area (Å²) < 4.78 is 26.8. The van der Waals surface area contributed by atoms with Gasteiger partial charge in [0.25, 0.3) is 0 Å². The number of piperidine rings is 1. The average molecular weight is 455 g/mol. The molecule has 0 aliphatic carbocycles. The maximum Gasteiger partial charge on any atom is 0.319 e. The summed E-state index contributed by atoms with van der Waals surface area (Å²) in [6, 6.07) is 3.88. The maximum atomic E-state index is 12.8. The van der Waals surface area contributed by atoms with Gasteiger partial charge in [-0.3, -0.25) is 4.79 Å². The van der Waals surface area contributed by atoms with Gasteiger partial charge in [0.15, 0.2) is 0 Å². The number of carbonyl (C=O) groups excluding carboxylic acids is 2. The third-order valence-electron chi connectivity index (χ3n) is 5.74. The number of benzene rings is 1. The summed E-state index contributed by atoms with van der Waals surface area (Å²) in [6.07, 6.45) is 1.02. The van der Waals surface area contributed by atoms with E-state index in [0.29, 0.717) is 52.1 Å². The normalized spacial score (nSPS) is 15.2. The maximum absolute atomic E-state index is 12.8. The first-order valence-corrected chi connectivity index (χ1v) is 12.3. The Balaban J connectivity index is 2.07. The summed E-state index contributed by atoms with van der Waals surface area (Å²) in [5.41, 5.74) is 0.0693. The molecule has 1 aliphatic heterocycles. The Morgan fingerprint density at radius 2 is 1.65 bits per heavy atom. The van der Waals surface area contributed by atoms with Crippen LogP contribution in [0.15, 0.2) is 23.1 Å². The zero-order valence-corrected chi connectivity index (χ0v) is 19.6. The Kier molecular flexibility index (Phi) is 8.69. The molecule has 1 heterocycles. The number of phenols is 1. The van der Waals surface area contributed by atoms with E-state index < -0.39 is 10.0 Å². The molecule has 0 saturated carbocycles. The van der Waals surface area contributed by atoms with Crippen molar-refractivity contribution >= 4 is 27.6 Å². The number of hydrogen-bond acceptors (Lipinski definition) is 5. The van der Waals surface area contributed by atoms with E-state index in [-0.39, 0.29) is 34.2 Å². The number of urea groups is 1. The summed E-state index contributed by atoms with van der Waals surface area (Å²) >= 11 is 0. The van der Waals surface area contributed by atoms with E-state index in [0.717, 1.165) is 0 Å². The number of carbonyl (C=O) groups is 2. The highest BCUT2D eigenvalue weighted by atomic mass is 32.2. The Labute approximate surface area is 185 Å². The highest BCUT2D eigenvalue weighted by Gasteiger charge is 2.30. The highest BCUT2D eigenvalue weighted by molar-refractivity contribution is 7.89. The van der Waals surface area contributed by atoms with Crippen LogP contribution in [0.25, 0.3) is 0 Å². The second-order valence-corrected chi connectivity index (χ2v) is 9.41. The first-order valence-electron chi connectivity index (χ1n) is 10.9. The Morgan fingerprint density at radius 1 is 1.06 bits per heavy atom. The standard InChI is InChI=1S/C21H34N4O5S/c1-5-23(6-2)21(28)24-13-11-16(12-14-24)20(27)22-18-15-17(9-10-19(18)26)31(29,30)25(7-3)8-4/h9-10,15-16,26H,5-8,11-14H2,1-4H3,(H,22,27). The molecule has 1 aromatic rings. The van der Waals surface area contributed by atoms with Crippen LogP contribution in [0.3, 0.4) is 0 Å². The number of hydrogen-bond donors (Lipinski definition) is 2. The molecule has 1 aromatic carbocycles. The van der Waals surface area contributed by atoms with Crippen LogP contribution in [0.2, 0.25) is 0 Å². The van der Waals surface area contributed by atoms with E-state index in [4.69, 9.17) is 0 Å². The Bertz CT molecular complexity index is 874. The second kappa shape index (κ2) is 10.8. The van der Waals surface area contributed by atoms with Crippen molar-refractivity contribution in [3.8, 4) is 5.75 Å². The van der Waals surface area contributed by atoms with Gasteiger partial charge in [-0.25, -0.2) is 13.2 Å². The number of anilines is 1.